The Morgan fingerprint density at radius 2 is 0.844 bits per heavy atom. The Balaban J connectivity index is 2.69. The molecule has 1 saturated heterocycles. The Labute approximate surface area is 467 Å². The van der Waals surface area contributed by atoms with Crippen molar-refractivity contribution in [1.29, 1.82) is 0 Å². The lowest BCUT2D eigenvalue weighted by Gasteiger charge is -2.40. The van der Waals surface area contributed by atoms with Crippen LogP contribution in [0.3, 0.4) is 0 Å². The molecule has 0 aromatic rings. The first-order valence-corrected chi connectivity index (χ1v) is 30.6. The Morgan fingerprint density at radius 1 is 0.442 bits per heavy atom. The number of hydrogen-bond donors (Lipinski definition) is 3. The highest BCUT2D eigenvalue weighted by atomic mass is 16.7. The van der Waals surface area contributed by atoms with E-state index in [-0.39, 0.29) is 25.9 Å². The van der Waals surface area contributed by atoms with E-state index < -0.39 is 67.3 Å². The highest BCUT2D eigenvalue weighted by Crippen LogP contribution is 2.26. The molecule has 3 N–H and O–H groups in total. The monoisotopic (exact) mass is 1080 g/mol. The van der Waals surface area contributed by atoms with Gasteiger partial charge in [0.25, 0.3) is 0 Å². The molecule has 12 heteroatoms. The average molecular weight is 1080 g/mol. The number of carboxylic acids is 1. The van der Waals surface area contributed by atoms with Gasteiger partial charge < -0.3 is 39.0 Å². The van der Waals surface area contributed by atoms with Gasteiger partial charge in [0.1, 0.15) is 18.8 Å². The summed E-state index contributed by atoms with van der Waals surface area (Å²) in [6.07, 6.45) is 55.7. The Hall–Kier alpha value is -4.10. The summed E-state index contributed by atoms with van der Waals surface area (Å²) in [7, 11) is 0. The van der Waals surface area contributed by atoms with E-state index in [0.717, 1.165) is 103 Å². The summed E-state index contributed by atoms with van der Waals surface area (Å²) in [6.45, 7) is 5.72. The highest BCUT2D eigenvalue weighted by molar-refractivity contribution is 5.74. The Bertz CT molecular complexity index is 1660. The lowest BCUT2D eigenvalue weighted by Crippen LogP contribution is -2.61. The van der Waals surface area contributed by atoms with Crippen LogP contribution in [0.2, 0.25) is 0 Å². The summed E-state index contributed by atoms with van der Waals surface area (Å²) >= 11 is 0. The molecule has 0 bridgehead atoms. The molecule has 0 amide bonds. The minimum atomic E-state index is -1.92. The van der Waals surface area contributed by atoms with E-state index in [1.54, 1.807) is 0 Å². The van der Waals surface area contributed by atoms with Crippen LogP contribution >= 0.6 is 0 Å². The minimum Gasteiger partial charge on any atom is -0.479 e. The number of unbranched alkanes of at least 4 members (excludes halogenated alkanes) is 23. The second-order valence-electron chi connectivity index (χ2n) is 20.6. The van der Waals surface area contributed by atoms with Gasteiger partial charge in [-0.1, -0.05) is 241 Å². The lowest BCUT2D eigenvalue weighted by atomic mass is 9.98. The highest BCUT2D eigenvalue weighted by Gasteiger charge is 2.50. The molecule has 77 heavy (non-hydrogen) atoms. The molecule has 0 saturated carbocycles. The van der Waals surface area contributed by atoms with Crippen molar-refractivity contribution in [3.05, 3.63) is 85.1 Å². The fourth-order valence-corrected chi connectivity index (χ4v) is 8.87. The maximum Gasteiger partial charge on any atom is 0.335 e. The van der Waals surface area contributed by atoms with E-state index in [9.17, 15) is 34.5 Å². The average Bonchev–Trinajstić information content (AvgIpc) is 3.42. The quantitative estimate of drug-likeness (QED) is 0.0228. The first-order chi connectivity index (χ1) is 37.6. The third-order valence-electron chi connectivity index (χ3n) is 13.5. The van der Waals surface area contributed by atoms with E-state index >= 15 is 0 Å². The van der Waals surface area contributed by atoms with Gasteiger partial charge in [-0.3, -0.25) is 14.4 Å². The maximum absolute atomic E-state index is 13.1. The summed E-state index contributed by atoms with van der Waals surface area (Å²) < 4.78 is 28.4. The van der Waals surface area contributed by atoms with E-state index in [0.29, 0.717) is 25.7 Å². The molecule has 1 heterocycles. The van der Waals surface area contributed by atoms with Crippen molar-refractivity contribution in [2.24, 2.45) is 0 Å². The van der Waals surface area contributed by atoms with Crippen LogP contribution in [0, 0.1) is 0 Å². The van der Waals surface area contributed by atoms with Crippen molar-refractivity contribution in [2.75, 3.05) is 13.2 Å². The second-order valence-corrected chi connectivity index (χ2v) is 20.6. The molecule has 0 aliphatic carbocycles. The van der Waals surface area contributed by atoms with Gasteiger partial charge in [-0.2, -0.15) is 0 Å². The van der Waals surface area contributed by atoms with Gasteiger partial charge >= 0.3 is 23.9 Å². The first-order valence-electron chi connectivity index (χ1n) is 30.6. The standard InChI is InChI=1S/C65H108O12/c1-4-7-10-13-16-19-22-25-27-29-31-34-36-39-42-45-48-51-57(66)73-54-56(75-58(67)52-49-46-43-40-37-33-24-21-18-15-12-9-6-3)55-74-65-63(61(70)60(69)62(77-65)64(71)72)76-59(68)53-50-47-44-41-38-35-32-30-28-26-23-20-17-14-11-8-5-2/h8-9,11-12,17-18,20-21,26,28,33,37,43,46,56,60-63,65,69-70H,4-7,10,13-16,19,22-25,27,29-32,34-36,38-42,44-45,47-55H2,1-3H3,(H,71,72)/b11-8-,12-9-,20-17-,21-18-,28-26-,37-33-,46-43-. The van der Waals surface area contributed by atoms with Crippen LogP contribution in [0.15, 0.2) is 85.1 Å². The molecular formula is C65H108O12. The van der Waals surface area contributed by atoms with Gasteiger partial charge in [-0.15, -0.1) is 0 Å². The molecule has 1 fully saturated rings. The van der Waals surface area contributed by atoms with Gasteiger partial charge in [0.2, 0.25) is 0 Å². The molecule has 1 rings (SSSR count). The number of carbonyl (C=O) groups excluding carboxylic acids is 3. The van der Waals surface area contributed by atoms with Crippen molar-refractivity contribution in [3.8, 4) is 0 Å². The van der Waals surface area contributed by atoms with E-state index in [4.69, 9.17) is 23.7 Å². The molecule has 1 aliphatic heterocycles. The van der Waals surface area contributed by atoms with Crippen molar-refractivity contribution in [3.63, 3.8) is 0 Å². The zero-order valence-corrected chi connectivity index (χ0v) is 48.4. The zero-order chi connectivity index (χ0) is 56.1. The summed E-state index contributed by atoms with van der Waals surface area (Å²) in [6, 6.07) is 0. The number of carbonyl (C=O) groups is 4. The third-order valence-corrected chi connectivity index (χ3v) is 13.5. The van der Waals surface area contributed by atoms with Crippen molar-refractivity contribution in [1.82, 2.24) is 0 Å². The fourth-order valence-electron chi connectivity index (χ4n) is 8.87. The number of rotatable bonds is 51. The van der Waals surface area contributed by atoms with Gasteiger partial charge in [0, 0.05) is 19.3 Å². The topological polar surface area (TPSA) is 175 Å². The number of allylic oxidation sites excluding steroid dienone is 14. The smallest absolute Gasteiger partial charge is 0.335 e. The minimum absolute atomic E-state index is 0.0391. The van der Waals surface area contributed by atoms with Crippen LogP contribution in [0.4, 0.5) is 0 Å². The van der Waals surface area contributed by atoms with E-state index in [2.05, 4.69) is 93.7 Å². The molecule has 12 nitrogen and oxygen atoms in total. The molecule has 1 aliphatic rings. The molecule has 440 valence electrons. The van der Waals surface area contributed by atoms with Gasteiger partial charge in [0.15, 0.2) is 24.6 Å². The largest absolute Gasteiger partial charge is 0.479 e. The van der Waals surface area contributed by atoms with Crippen LogP contribution in [0.1, 0.15) is 252 Å². The summed E-state index contributed by atoms with van der Waals surface area (Å²) in [4.78, 5) is 51.1. The normalized spacial score (nSPS) is 18.6. The number of hydrogen-bond acceptors (Lipinski definition) is 11. The lowest BCUT2D eigenvalue weighted by molar-refractivity contribution is -0.301. The zero-order valence-electron chi connectivity index (χ0n) is 48.4. The van der Waals surface area contributed by atoms with E-state index in [1.165, 1.54) is 83.5 Å². The van der Waals surface area contributed by atoms with Crippen molar-refractivity contribution < 1.29 is 58.2 Å². The van der Waals surface area contributed by atoms with Crippen LogP contribution in [0.5, 0.6) is 0 Å². The number of carboxylic acid groups (broad SMARTS) is 1. The number of ether oxygens (including phenoxy) is 5. The molecule has 0 aromatic carbocycles. The number of aliphatic hydroxyl groups is 2. The molecule has 0 radical (unpaired) electrons. The van der Waals surface area contributed by atoms with Crippen molar-refractivity contribution in [2.45, 2.75) is 289 Å². The summed E-state index contributed by atoms with van der Waals surface area (Å²) in [5.74, 6) is -3.24. The number of aliphatic carboxylic acids is 1. The van der Waals surface area contributed by atoms with E-state index in [1.807, 2.05) is 12.2 Å². The fraction of sp³-hybridized carbons (Fsp3) is 0.723. The van der Waals surface area contributed by atoms with Crippen molar-refractivity contribution >= 4 is 23.9 Å². The second kappa shape index (κ2) is 52.6. The molecule has 0 spiro atoms. The number of aliphatic hydroxyl groups excluding tert-OH is 2. The predicted molar refractivity (Wildman–Crippen MR) is 312 cm³/mol. The van der Waals surface area contributed by atoms with Gasteiger partial charge in [0.05, 0.1) is 6.61 Å². The maximum atomic E-state index is 13.1. The molecule has 6 atom stereocenters. The van der Waals surface area contributed by atoms with Crippen LogP contribution in [0.25, 0.3) is 0 Å². The SMILES string of the molecule is CC/C=C\C/C=C\C/C=C\C/C=C\CCC(=O)OC(COC(=O)CCCCCCCCCCCCCCCCCCC)COC1OC(C(=O)O)C(O)C(O)C1OC(=O)CCCCCCCCC/C=C\C/C=C\C/C=C\CC. The Morgan fingerprint density at radius 3 is 1.30 bits per heavy atom. The first kappa shape index (κ1) is 70.9. The number of esters is 3. The Kier molecular flexibility index (Phi) is 48.4. The van der Waals surface area contributed by atoms with Gasteiger partial charge in [-0.25, -0.2) is 4.79 Å². The molecular weight excluding hydrogens is 973 g/mol. The summed E-state index contributed by atoms with van der Waals surface area (Å²) in [5.41, 5.74) is 0. The molecule has 0 aromatic heterocycles. The predicted octanol–water partition coefficient (Wildman–Crippen LogP) is 15.9. The van der Waals surface area contributed by atoms with Crippen LogP contribution in [-0.4, -0.2) is 89.2 Å². The molecule has 6 unspecified atom stereocenters. The van der Waals surface area contributed by atoms with Crippen LogP contribution < -0.4 is 0 Å². The van der Waals surface area contributed by atoms with Gasteiger partial charge in [-0.05, 0) is 77.0 Å². The van der Waals surface area contributed by atoms with Crippen LogP contribution in [-0.2, 0) is 42.9 Å². The summed E-state index contributed by atoms with van der Waals surface area (Å²) in [5, 5.41) is 31.5. The third kappa shape index (κ3) is 42.5.